The predicted octanol–water partition coefficient (Wildman–Crippen LogP) is 3.53. The third-order valence-corrected chi connectivity index (χ3v) is 5.83. The van der Waals surface area contributed by atoms with Crippen LogP contribution in [-0.4, -0.2) is 48.2 Å². The van der Waals surface area contributed by atoms with Crippen LogP contribution in [-0.2, 0) is 14.3 Å². The number of fused-ring (bicyclic) bond motifs is 3. The van der Waals surface area contributed by atoms with E-state index in [1.807, 2.05) is 24.3 Å². The molecular formula is C23H25NO4. The van der Waals surface area contributed by atoms with Crippen LogP contribution in [0.25, 0.3) is 11.1 Å². The lowest BCUT2D eigenvalue weighted by atomic mass is 9.98. The van der Waals surface area contributed by atoms with Gasteiger partial charge in [-0.05, 0) is 48.2 Å². The number of piperidine rings is 1. The van der Waals surface area contributed by atoms with Gasteiger partial charge >= 0.3 is 11.9 Å². The van der Waals surface area contributed by atoms with Crippen LogP contribution >= 0.6 is 0 Å². The highest BCUT2D eigenvalue weighted by molar-refractivity contribution is 5.94. The second-order valence-corrected chi connectivity index (χ2v) is 7.61. The van der Waals surface area contributed by atoms with Crippen LogP contribution in [0.5, 0.6) is 0 Å². The third kappa shape index (κ3) is 3.67. The fourth-order valence-corrected chi connectivity index (χ4v) is 4.36. The van der Waals surface area contributed by atoms with Crippen LogP contribution < -0.4 is 0 Å². The van der Waals surface area contributed by atoms with Gasteiger partial charge in [0.25, 0.3) is 0 Å². The third-order valence-electron chi connectivity index (χ3n) is 5.83. The molecule has 0 radical (unpaired) electrons. The average molecular weight is 379 g/mol. The van der Waals surface area contributed by atoms with Crippen molar-refractivity contribution in [3.8, 4) is 11.1 Å². The molecule has 2 aromatic carbocycles. The number of benzene rings is 2. The smallest absolute Gasteiger partial charge is 0.321 e. The summed E-state index contributed by atoms with van der Waals surface area (Å²) >= 11 is 0. The lowest BCUT2D eigenvalue weighted by molar-refractivity contribution is -0.159. The van der Waals surface area contributed by atoms with Crippen molar-refractivity contribution in [2.45, 2.75) is 25.2 Å². The Balaban J connectivity index is 1.47. The van der Waals surface area contributed by atoms with Crippen molar-refractivity contribution in [2.24, 2.45) is 5.92 Å². The average Bonchev–Trinajstić information content (AvgIpc) is 3.05. The van der Waals surface area contributed by atoms with Crippen LogP contribution in [0.15, 0.2) is 48.5 Å². The van der Waals surface area contributed by atoms with Crippen molar-refractivity contribution in [1.82, 2.24) is 4.90 Å². The molecule has 1 saturated heterocycles. The molecule has 1 N–H and O–H groups in total. The summed E-state index contributed by atoms with van der Waals surface area (Å²) < 4.78 is 5.56. The molecule has 0 spiro atoms. The van der Waals surface area contributed by atoms with Gasteiger partial charge in [-0.3, -0.25) is 9.59 Å². The van der Waals surface area contributed by atoms with Crippen LogP contribution in [0.3, 0.4) is 0 Å². The number of hydrogen-bond donors (Lipinski definition) is 1. The first-order valence-electron chi connectivity index (χ1n) is 9.95. The van der Waals surface area contributed by atoms with E-state index in [1.165, 1.54) is 6.42 Å². The molecule has 0 amide bonds. The lowest BCUT2D eigenvalue weighted by Crippen LogP contribution is -2.41. The van der Waals surface area contributed by atoms with Crippen molar-refractivity contribution >= 4 is 11.9 Å². The second-order valence-electron chi connectivity index (χ2n) is 7.61. The summed E-state index contributed by atoms with van der Waals surface area (Å²) in [6, 6.07) is 16.2. The first-order valence-corrected chi connectivity index (χ1v) is 9.95. The number of nitrogens with zero attached hydrogens (tertiary/aromatic N) is 1. The Morgan fingerprint density at radius 2 is 1.54 bits per heavy atom. The van der Waals surface area contributed by atoms with Crippen molar-refractivity contribution in [1.29, 1.82) is 0 Å². The highest BCUT2D eigenvalue weighted by Crippen LogP contribution is 2.44. The number of ether oxygens (including phenoxy) is 1. The number of aliphatic carboxylic acids is 1. The Morgan fingerprint density at radius 1 is 0.964 bits per heavy atom. The van der Waals surface area contributed by atoms with E-state index in [0.29, 0.717) is 0 Å². The number of esters is 1. The van der Waals surface area contributed by atoms with Gasteiger partial charge in [0.2, 0.25) is 0 Å². The summed E-state index contributed by atoms with van der Waals surface area (Å²) in [7, 11) is 0. The van der Waals surface area contributed by atoms with Gasteiger partial charge in [0.15, 0.2) is 5.92 Å². The zero-order chi connectivity index (χ0) is 19.5. The number of carboxylic acids is 1. The number of carbonyl (C=O) groups is 2. The van der Waals surface area contributed by atoms with Gasteiger partial charge in [-0.15, -0.1) is 0 Å². The molecule has 5 nitrogen and oxygen atoms in total. The maximum Gasteiger partial charge on any atom is 0.321 e. The van der Waals surface area contributed by atoms with Gasteiger partial charge in [0.05, 0.1) is 0 Å². The zero-order valence-electron chi connectivity index (χ0n) is 15.8. The minimum Gasteiger partial charge on any atom is -0.481 e. The summed E-state index contributed by atoms with van der Waals surface area (Å²) in [5.74, 6) is -2.94. The lowest BCUT2D eigenvalue weighted by Gasteiger charge is -2.28. The zero-order valence-corrected chi connectivity index (χ0v) is 15.8. The Kier molecular flexibility index (Phi) is 5.44. The molecule has 2 aromatic rings. The summed E-state index contributed by atoms with van der Waals surface area (Å²) in [5.41, 5.74) is 4.56. The molecule has 4 rings (SSSR count). The van der Waals surface area contributed by atoms with Crippen molar-refractivity contribution in [2.75, 3.05) is 26.2 Å². The molecule has 1 unspecified atom stereocenters. The molecule has 146 valence electrons. The van der Waals surface area contributed by atoms with Crippen molar-refractivity contribution in [3.63, 3.8) is 0 Å². The highest BCUT2D eigenvalue weighted by Gasteiger charge is 2.33. The Morgan fingerprint density at radius 3 is 2.11 bits per heavy atom. The molecule has 1 aliphatic carbocycles. The van der Waals surface area contributed by atoms with Gasteiger partial charge in [-0.25, -0.2) is 0 Å². The number of carbonyl (C=O) groups excluding carboxylic acids is 1. The molecule has 1 fully saturated rings. The predicted molar refractivity (Wildman–Crippen MR) is 106 cm³/mol. The van der Waals surface area contributed by atoms with Crippen LogP contribution in [0.1, 0.15) is 36.3 Å². The number of likely N-dealkylation sites (tertiary alicyclic amines) is 1. The molecule has 0 saturated carbocycles. The first-order chi connectivity index (χ1) is 13.6. The van der Waals surface area contributed by atoms with E-state index in [2.05, 4.69) is 29.2 Å². The van der Waals surface area contributed by atoms with Crippen molar-refractivity contribution < 1.29 is 19.4 Å². The van der Waals surface area contributed by atoms with Crippen LogP contribution in [0, 0.1) is 5.92 Å². The minimum atomic E-state index is -1.13. The Bertz CT molecular complexity index is 827. The fourth-order valence-electron chi connectivity index (χ4n) is 4.36. The quantitative estimate of drug-likeness (QED) is 0.614. The standard InChI is InChI=1S/C23H25NO4/c25-22(26)20(14-24-12-6-1-7-13-24)23(27)28-15-21-18-10-4-2-8-16(18)17-9-3-5-11-19(17)21/h2-5,8-11,20-21H,1,6-7,12-15H2,(H,25,26). The number of rotatable bonds is 6. The van der Waals surface area contributed by atoms with Gasteiger partial charge in [0.1, 0.15) is 6.61 Å². The minimum absolute atomic E-state index is 0.0548. The van der Waals surface area contributed by atoms with E-state index in [-0.39, 0.29) is 19.1 Å². The van der Waals surface area contributed by atoms with E-state index in [9.17, 15) is 14.7 Å². The van der Waals surface area contributed by atoms with Gasteiger partial charge in [-0.1, -0.05) is 55.0 Å². The molecule has 1 aliphatic heterocycles. The maximum atomic E-state index is 12.6. The molecule has 1 atom stereocenters. The number of hydrogen-bond acceptors (Lipinski definition) is 4. The summed E-state index contributed by atoms with van der Waals surface area (Å²) in [6.45, 7) is 2.09. The molecule has 2 aliphatic rings. The summed E-state index contributed by atoms with van der Waals surface area (Å²) in [4.78, 5) is 26.3. The normalized spacial score (nSPS) is 17.6. The maximum absolute atomic E-state index is 12.6. The topological polar surface area (TPSA) is 66.8 Å². The van der Waals surface area contributed by atoms with E-state index >= 15 is 0 Å². The Labute approximate surface area is 164 Å². The molecule has 5 heteroatoms. The highest BCUT2D eigenvalue weighted by atomic mass is 16.5. The molecule has 0 aromatic heterocycles. The van der Waals surface area contributed by atoms with E-state index in [1.54, 1.807) is 0 Å². The molecular weight excluding hydrogens is 354 g/mol. The van der Waals surface area contributed by atoms with Crippen LogP contribution in [0.4, 0.5) is 0 Å². The first kappa shape index (κ1) is 18.7. The summed E-state index contributed by atoms with van der Waals surface area (Å²) in [5, 5.41) is 9.55. The van der Waals surface area contributed by atoms with Gasteiger partial charge in [0, 0.05) is 12.5 Å². The van der Waals surface area contributed by atoms with E-state index < -0.39 is 17.9 Å². The van der Waals surface area contributed by atoms with Gasteiger partial charge < -0.3 is 14.7 Å². The molecule has 0 bridgehead atoms. The Hall–Kier alpha value is -2.66. The van der Waals surface area contributed by atoms with E-state index in [4.69, 9.17) is 4.74 Å². The fraction of sp³-hybridized carbons (Fsp3) is 0.391. The van der Waals surface area contributed by atoms with E-state index in [0.717, 1.165) is 48.2 Å². The SMILES string of the molecule is O=C(O)C(CN1CCCCC1)C(=O)OCC1c2ccccc2-c2ccccc21. The van der Waals surface area contributed by atoms with Gasteiger partial charge in [-0.2, -0.15) is 0 Å². The summed E-state index contributed by atoms with van der Waals surface area (Å²) in [6.07, 6.45) is 3.27. The largest absolute Gasteiger partial charge is 0.481 e. The molecule has 28 heavy (non-hydrogen) atoms. The number of carboxylic acid groups (broad SMARTS) is 1. The molecule has 1 heterocycles. The van der Waals surface area contributed by atoms with Crippen LogP contribution in [0.2, 0.25) is 0 Å². The second kappa shape index (κ2) is 8.15. The van der Waals surface area contributed by atoms with Crippen molar-refractivity contribution in [3.05, 3.63) is 59.7 Å². The monoisotopic (exact) mass is 379 g/mol.